The molecule has 0 fully saturated rings. The van der Waals surface area contributed by atoms with Crippen LogP contribution in [0.25, 0.3) is 0 Å². The Labute approximate surface area is 138 Å². The standard InChI is InChI=1S/C18H16O6/c1-21-11-7-5-9-13(17(11)23-3)16(20)14-10(15(9)19)6-8-12(22-2)18(14)24-4/h5-8H,1-4H3. The lowest BCUT2D eigenvalue weighted by atomic mass is 9.82. The van der Waals surface area contributed by atoms with Crippen molar-refractivity contribution in [1.29, 1.82) is 0 Å². The highest BCUT2D eigenvalue weighted by atomic mass is 16.5. The molecule has 0 unspecified atom stereocenters. The molecule has 0 heterocycles. The van der Waals surface area contributed by atoms with Gasteiger partial charge in [-0.15, -0.1) is 0 Å². The van der Waals surface area contributed by atoms with Crippen LogP contribution in [0.4, 0.5) is 0 Å². The average molecular weight is 328 g/mol. The van der Waals surface area contributed by atoms with E-state index in [1.807, 2.05) is 0 Å². The molecular weight excluding hydrogens is 312 g/mol. The van der Waals surface area contributed by atoms with Crippen molar-refractivity contribution in [3.8, 4) is 23.0 Å². The van der Waals surface area contributed by atoms with E-state index in [4.69, 9.17) is 18.9 Å². The maximum atomic E-state index is 13.1. The van der Waals surface area contributed by atoms with Gasteiger partial charge in [0.15, 0.2) is 28.8 Å². The SMILES string of the molecule is COc1ccc2c(c1OC)C(=O)c1c(ccc(OC)c1OC)C2=O. The fraction of sp³-hybridized carbons (Fsp3) is 0.222. The molecule has 3 rings (SSSR count). The molecule has 0 aromatic heterocycles. The van der Waals surface area contributed by atoms with Crippen LogP contribution in [-0.2, 0) is 0 Å². The molecule has 0 spiro atoms. The Morgan fingerprint density at radius 1 is 0.583 bits per heavy atom. The number of hydrogen-bond acceptors (Lipinski definition) is 6. The van der Waals surface area contributed by atoms with Crippen LogP contribution in [0.15, 0.2) is 24.3 Å². The normalized spacial score (nSPS) is 12.3. The van der Waals surface area contributed by atoms with Gasteiger partial charge in [0.1, 0.15) is 0 Å². The first-order valence-electron chi connectivity index (χ1n) is 7.18. The topological polar surface area (TPSA) is 71.1 Å². The largest absolute Gasteiger partial charge is 0.493 e. The minimum atomic E-state index is -0.369. The Bertz CT molecular complexity index is 786. The second-order valence-electron chi connectivity index (χ2n) is 5.11. The first-order chi connectivity index (χ1) is 11.6. The molecule has 1 aliphatic rings. The summed E-state index contributed by atoms with van der Waals surface area (Å²) in [4.78, 5) is 26.0. The summed E-state index contributed by atoms with van der Waals surface area (Å²) in [5.41, 5.74) is 0.886. The highest BCUT2D eigenvalue weighted by Gasteiger charge is 2.37. The lowest BCUT2D eigenvalue weighted by Crippen LogP contribution is -2.23. The van der Waals surface area contributed by atoms with Gasteiger partial charge in [0.05, 0.1) is 39.6 Å². The van der Waals surface area contributed by atoms with Crippen molar-refractivity contribution < 1.29 is 28.5 Å². The van der Waals surface area contributed by atoms with Gasteiger partial charge in [-0.05, 0) is 24.3 Å². The van der Waals surface area contributed by atoms with Crippen molar-refractivity contribution in [3.63, 3.8) is 0 Å². The van der Waals surface area contributed by atoms with Crippen molar-refractivity contribution in [1.82, 2.24) is 0 Å². The van der Waals surface area contributed by atoms with Crippen molar-refractivity contribution in [2.24, 2.45) is 0 Å². The molecule has 0 radical (unpaired) electrons. The van der Waals surface area contributed by atoms with Crippen molar-refractivity contribution >= 4 is 11.6 Å². The molecule has 6 heteroatoms. The summed E-state index contributed by atoms with van der Waals surface area (Å²) >= 11 is 0. The van der Waals surface area contributed by atoms with Crippen LogP contribution in [0, 0.1) is 0 Å². The molecule has 0 amide bonds. The fourth-order valence-corrected chi connectivity index (χ4v) is 2.95. The summed E-state index contributed by atoms with van der Waals surface area (Å²) in [5, 5.41) is 0. The number of ether oxygens (including phenoxy) is 4. The number of hydrogen-bond donors (Lipinski definition) is 0. The summed E-state index contributed by atoms with van der Waals surface area (Å²) in [5.74, 6) is 0.561. The summed E-state index contributed by atoms with van der Waals surface area (Å²) < 4.78 is 21.1. The van der Waals surface area contributed by atoms with Crippen LogP contribution < -0.4 is 18.9 Å². The number of methoxy groups -OCH3 is 4. The number of rotatable bonds is 4. The van der Waals surface area contributed by atoms with Crippen molar-refractivity contribution in [3.05, 3.63) is 46.5 Å². The Hall–Kier alpha value is -3.02. The van der Waals surface area contributed by atoms with Gasteiger partial charge in [-0.2, -0.15) is 0 Å². The summed E-state index contributed by atoms with van der Waals surface area (Å²) in [6, 6.07) is 6.34. The highest BCUT2D eigenvalue weighted by molar-refractivity contribution is 6.30. The molecule has 124 valence electrons. The maximum absolute atomic E-state index is 13.1. The Morgan fingerprint density at radius 2 is 1.00 bits per heavy atom. The van der Waals surface area contributed by atoms with Gasteiger partial charge in [-0.1, -0.05) is 0 Å². The number of benzene rings is 2. The lowest BCUT2D eigenvalue weighted by Gasteiger charge is -2.23. The van der Waals surface area contributed by atoms with Crippen molar-refractivity contribution in [2.45, 2.75) is 0 Å². The van der Waals surface area contributed by atoms with Crippen molar-refractivity contribution in [2.75, 3.05) is 28.4 Å². The maximum Gasteiger partial charge on any atom is 0.202 e. The zero-order valence-electron chi connectivity index (χ0n) is 13.8. The summed E-state index contributed by atoms with van der Waals surface area (Å²) in [7, 11) is 5.79. The second kappa shape index (κ2) is 5.88. The van der Waals surface area contributed by atoms with E-state index < -0.39 is 0 Å². The quantitative estimate of drug-likeness (QED) is 0.733. The summed E-state index contributed by atoms with van der Waals surface area (Å²) in [6.45, 7) is 0. The van der Waals surface area contributed by atoms with Crippen LogP contribution in [0.2, 0.25) is 0 Å². The molecule has 2 aromatic rings. The molecule has 0 N–H and O–H groups in total. The number of carbonyl (C=O) groups excluding carboxylic acids is 2. The highest BCUT2D eigenvalue weighted by Crippen LogP contribution is 2.44. The molecule has 0 bridgehead atoms. The zero-order valence-corrected chi connectivity index (χ0v) is 13.8. The number of ketones is 2. The third kappa shape index (κ3) is 2.03. The third-order valence-corrected chi connectivity index (χ3v) is 4.03. The third-order valence-electron chi connectivity index (χ3n) is 4.03. The van der Waals surface area contributed by atoms with E-state index in [1.54, 1.807) is 24.3 Å². The number of fused-ring (bicyclic) bond motifs is 2. The van der Waals surface area contributed by atoms with Crippen LogP contribution in [0.1, 0.15) is 31.8 Å². The van der Waals surface area contributed by atoms with Crippen LogP contribution >= 0.6 is 0 Å². The summed E-state index contributed by atoms with van der Waals surface area (Å²) in [6.07, 6.45) is 0. The van der Waals surface area contributed by atoms with Gasteiger partial charge < -0.3 is 18.9 Å². The Morgan fingerprint density at radius 3 is 1.33 bits per heavy atom. The van der Waals surface area contributed by atoms with E-state index in [2.05, 4.69) is 0 Å². The molecule has 0 saturated carbocycles. The predicted octanol–water partition coefficient (Wildman–Crippen LogP) is 2.50. The Kier molecular flexibility index (Phi) is 3.89. The molecule has 2 aromatic carbocycles. The molecule has 0 aliphatic heterocycles. The van der Waals surface area contributed by atoms with Gasteiger partial charge in [0.2, 0.25) is 5.78 Å². The molecule has 0 atom stereocenters. The van der Waals surface area contributed by atoms with Crippen LogP contribution in [0.5, 0.6) is 23.0 Å². The van der Waals surface area contributed by atoms with Gasteiger partial charge in [-0.25, -0.2) is 0 Å². The van der Waals surface area contributed by atoms with E-state index in [1.165, 1.54) is 28.4 Å². The van der Waals surface area contributed by atoms with E-state index in [-0.39, 0.29) is 45.3 Å². The molecule has 24 heavy (non-hydrogen) atoms. The van der Waals surface area contributed by atoms with Gasteiger partial charge in [0.25, 0.3) is 0 Å². The minimum absolute atomic E-state index is 0.168. The van der Waals surface area contributed by atoms with Gasteiger partial charge in [-0.3, -0.25) is 9.59 Å². The predicted molar refractivity (Wildman–Crippen MR) is 86.0 cm³/mol. The molecular formula is C18H16O6. The molecule has 0 saturated heterocycles. The van der Waals surface area contributed by atoms with Crippen LogP contribution in [-0.4, -0.2) is 40.0 Å². The first kappa shape index (κ1) is 15.9. The Balaban J connectivity index is 2.36. The minimum Gasteiger partial charge on any atom is -0.493 e. The number of carbonyl (C=O) groups is 2. The monoisotopic (exact) mass is 328 g/mol. The average Bonchev–Trinajstić information content (AvgIpc) is 2.63. The van der Waals surface area contributed by atoms with E-state index in [0.29, 0.717) is 11.5 Å². The van der Waals surface area contributed by atoms with E-state index in [0.717, 1.165) is 0 Å². The lowest BCUT2D eigenvalue weighted by molar-refractivity contribution is 0.0973. The fourth-order valence-electron chi connectivity index (χ4n) is 2.95. The van der Waals surface area contributed by atoms with Crippen LogP contribution in [0.3, 0.4) is 0 Å². The smallest absolute Gasteiger partial charge is 0.202 e. The zero-order chi connectivity index (χ0) is 17.4. The van der Waals surface area contributed by atoms with E-state index in [9.17, 15) is 9.59 Å². The molecule has 1 aliphatic carbocycles. The molecule has 6 nitrogen and oxygen atoms in total. The van der Waals surface area contributed by atoms with E-state index >= 15 is 0 Å². The first-order valence-corrected chi connectivity index (χ1v) is 7.18. The van der Waals surface area contributed by atoms with Gasteiger partial charge in [0, 0.05) is 11.1 Å². The van der Waals surface area contributed by atoms with Gasteiger partial charge >= 0.3 is 0 Å². The second-order valence-corrected chi connectivity index (χ2v) is 5.11.